The molecule has 4 rings (SSSR count). The van der Waals surface area contributed by atoms with E-state index in [4.69, 9.17) is 0 Å². The van der Waals surface area contributed by atoms with Gasteiger partial charge in [-0.3, -0.25) is 14.7 Å². The van der Waals surface area contributed by atoms with Crippen molar-refractivity contribution in [1.29, 1.82) is 0 Å². The number of hydrogen-bond donors (Lipinski definition) is 2. The van der Waals surface area contributed by atoms with E-state index in [9.17, 15) is 14.0 Å². The molecule has 0 aliphatic carbocycles. The van der Waals surface area contributed by atoms with Crippen LogP contribution >= 0.6 is 11.3 Å². The molecule has 28 heavy (non-hydrogen) atoms. The lowest BCUT2D eigenvalue weighted by Crippen LogP contribution is -2.41. The van der Waals surface area contributed by atoms with Gasteiger partial charge in [0.2, 0.25) is 5.91 Å². The SMILES string of the molecule is CC1(C)c2n[nH]c(NC(=O)c3ccccc3F)c2CN1C(=O)Cc1cccs1. The number of benzene rings is 1. The maximum absolute atomic E-state index is 13.9. The zero-order chi connectivity index (χ0) is 19.9. The molecule has 0 unspecified atom stereocenters. The van der Waals surface area contributed by atoms with Gasteiger partial charge >= 0.3 is 0 Å². The summed E-state index contributed by atoms with van der Waals surface area (Å²) < 4.78 is 13.9. The third-order valence-electron chi connectivity index (χ3n) is 5.00. The van der Waals surface area contributed by atoms with E-state index >= 15 is 0 Å². The molecule has 0 saturated carbocycles. The highest BCUT2D eigenvalue weighted by Gasteiger charge is 2.44. The summed E-state index contributed by atoms with van der Waals surface area (Å²) in [4.78, 5) is 28.1. The van der Waals surface area contributed by atoms with Crippen LogP contribution < -0.4 is 5.32 Å². The maximum atomic E-state index is 13.9. The molecule has 0 radical (unpaired) electrons. The Bertz CT molecular complexity index is 1040. The highest BCUT2D eigenvalue weighted by Crippen LogP contribution is 2.41. The first-order valence-electron chi connectivity index (χ1n) is 8.84. The predicted molar refractivity (Wildman–Crippen MR) is 105 cm³/mol. The number of rotatable bonds is 4. The molecule has 2 aromatic heterocycles. The number of hydrogen-bond acceptors (Lipinski definition) is 4. The number of H-pyrrole nitrogens is 1. The Kier molecular flexibility index (Phi) is 4.50. The van der Waals surface area contributed by atoms with Crippen molar-refractivity contribution in [2.45, 2.75) is 32.4 Å². The van der Waals surface area contributed by atoms with E-state index in [-0.39, 0.29) is 11.5 Å². The summed E-state index contributed by atoms with van der Waals surface area (Å²) in [6.45, 7) is 4.18. The molecule has 1 aromatic carbocycles. The molecule has 1 aliphatic rings. The van der Waals surface area contributed by atoms with Crippen LogP contribution in [0.5, 0.6) is 0 Å². The van der Waals surface area contributed by atoms with Gasteiger partial charge in [0.05, 0.1) is 29.8 Å². The Morgan fingerprint density at radius 3 is 2.79 bits per heavy atom. The number of carbonyl (C=O) groups is 2. The van der Waals surface area contributed by atoms with E-state index in [2.05, 4.69) is 15.5 Å². The van der Waals surface area contributed by atoms with Crippen LogP contribution in [0.1, 0.15) is 40.3 Å². The molecule has 3 aromatic rings. The minimum absolute atomic E-state index is 0.00293. The molecule has 2 N–H and O–H groups in total. The van der Waals surface area contributed by atoms with Crippen molar-refractivity contribution in [1.82, 2.24) is 15.1 Å². The molecular formula is C20H19FN4O2S. The first-order chi connectivity index (χ1) is 13.4. The van der Waals surface area contributed by atoms with Gasteiger partial charge in [-0.05, 0) is 37.4 Å². The van der Waals surface area contributed by atoms with Gasteiger partial charge < -0.3 is 10.2 Å². The first-order valence-corrected chi connectivity index (χ1v) is 9.72. The number of fused-ring (bicyclic) bond motifs is 1. The van der Waals surface area contributed by atoms with Crippen molar-refractivity contribution in [3.05, 3.63) is 69.3 Å². The van der Waals surface area contributed by atoms with Crippen LogP contribution in [-0.4, -0.2) is 26.9 Å². The summed E-state index contributed by atoms with van der Waals surface area (Å²) >= 11 is 1.54. The number of aromatic nitrogens is 2. The lowest BCUT2D eigenvalue weighted by atomic mass is 10.0. The van der Waals surface area contributed by atoms with Crippen molar-refractivity contribution >= 4 is 29.0 Å². The Morgan fingerprint density at radius 1 is 1.29 bits per heavy atom. The number of nitrogens with zero attached hydrogens (tertiary/aromatic N) is 2. The summed E-state index contributed by atoms with van der Waals surface area (Å²) in [6, 6.07) is 9.64. The third-order valence-corrected chi connectivity index (χ3v) is 5.88. The molecule has 0 bridgehead atoms. The average molecular weight is 398 g/mol. The molecule has 8 heteroatoms. The fourth-order valence-corrected chi connectivity index (χ4v) is 4.19. The zero-order valence-electron chi connectivity index (χ0n) is 15.5. The van der Waals surface area contributed by atoms with Gasteiger partial charge in [-0.15, -0.1) is 11.3 Å². The van der Waals surface area contributed by atoms with Crippen LogP contribution in [0.2, 0.25) is 0 Å². The zero-order valence-corrected chi connectivity index (χ0v) is 16.3. The quantitative estimate of drug-likeness (QED) is 0.704. The number of nitrogens with one attached hydrogen (secondary N) is 2. The molecule has 6 nitrogen and oxygen atoms in total. The molecule has 2 amide bonds. The highest BCUT2D eigenvalue weighted by atomic mass is 32.1. The summed E-state index contributed by atoms with van der Waals surface area (Å²) in [6.07, 6.45) is 0.325. The van der Waals surface area contributed by atoms with E-state index in [1.165, 1.54) is 18.2 Å². The number of amides is 2. The topological polar surface area (TPSA) is 78.1 Å². The molecule has 1 aliphatic heterocycles. The Labute approximate surface area is 165 Å². The number of anilines is 1. The lowest BCUT2D eigenvalue weighted by molar-refractivity contribution is -0.135. The summed E-state index contributed by atoms with van der Waals surface area (Å²) in [5.74, 6) is -0.769. The van der Waals surface area contributed by atoms with Gasteiger partial charge in [0, 0.05) is 10.4 Å². The lowest BCUT2D eigenvalue weighted by Gasteiger charge is -2.31. The molecule has 0 spiro atoms. The third kappa shape index (κ3) is 3.09. The van der Waals surface area contributed by atoms with Gasteiger partial charge in [0.1, 0.15) is 11.6 Å². The van der Waals surface area contributed by atoms with Gasteiger partial charge in [-0.1, -0.05) is 18.2 Å². The van der Waals surface area contributed by atoms with Crippen LogP contribution in [0.15, 0.2) is 41.8 Å². The predicted octanol–water partition coefficient (Wildman–Crippen LogP) is 3.68. The number of aromatic amines is 1. The Balaban J connectivity index is 1.56. The van der Waals surface area contributed by atoms with E-state index in [1.54, 1.807) is 22.3 Å². The number of halogens is 1. The highest BCUT2D eigenvalue weighted by molar-refractivity contribution is 7.10. The van der Waals surface area contributed by atoms with Gasteiger partial charge in [0.25, 0.3) is 5.91 Å². The number of thiophene rings is 1. The summed E-state index contributed by atoms with van der Waals surface area (Å²) in [5.41, 5.74) is 0.792. The molecule has 144 valence electrons. The first kappa shape index (κ1) is 18.4. The van der Waals surface area contributed by atoms with Crippen LogP contribution in [0, 0.1) is 5.82 Å². The van der Waals surface area contributed by atoms with Crippen LogP contribution in [0.4, 0.5) is 10.2 Å². The van der Waals surface area contributed by atoms with Crippen molar-refractivity contribution in [3.8, 4) is 0 Å². The van der Waals surface area contributed by atoms with Gasteiger partial charge in [0.15, 0.2) is 0 Å². The van der Waals surface area contributed by atoms with Crippen LogP contribution in [-0.2, 0) is 23.3 Å². The molecular weight excluding hydrogens is 379 g/mol. The molecule has 0 atom stereocenters. The second kappa shape index (κ2) is 6.87. The second-order valence-corrected chi connectivity index (χ2v) is 8.19. The Morgan fingerprint density at radius 2 is 2.07 bits per heavy atom. The van der Waals surface area contributed by atoms with E-state index in [1.807, 2.05) is 31.4 Å². The van der Waals surface area contributed by atoms with Crippen LogP contribution in [0.3, 0.4) is 0 Å². The Hall–Kier alpha value is -3.00. The fourth-order valence-electron chi connectivity index (χ4n) is 3.50. The van der Waals surface area contributed by atoms with Crippen LogP contribution in [0.25, 0.3) is 0 Å². The van der Waals surface area contributed by atoms with E-state index < -0.39 is 17.3 Å². The fraction of sp³-hybridized carbons (Fsp3) is 0.250. The molecule has 0 fully saturated rings. The van der Waals surface area contributed by atoms with Gasteiger partial charge in [-0.2, -0.15) is 5.10 Å². The normalized spacial score (nSPS) is 14.8. The minimum atomic E-state index is -0.610. The van der Waals surface area contributed by atoms with E-state index in [0.717, 1.165) is 10.4 Å². The van der Waals surface area contributed by atoms with Gasteiger partial charge in [-0.25, -0.2) is 4.39 Å². The van der Waals surface area contributed by atoms with Crippen molar-refractivity contribution in [2.24, 2.45) is 0 Å². The maximum Gasteiger partial charge on any atom is 0.259 e. The van der Waals surface area contributed by atoms with Crippen molar-refractivity contribution in [2.75, 3.05) is 5.32 Å². The largest absolute Gasteiger partial charge is 0.327 e. The van der Waals surface area contributed by atoms with Crippen molar-refractivity contribution in [3.63, 3.8) is 0 Å². The minimum Gasteiger partial charge on any atom is -0.327 e. The molecule has 0 saturated heterocycles. The standard InChI is InChI=1S/C20H19FN4O2S/c1-20(2)17-14(11-25(20)16(26)10-12-6-5-9-28-12)18(24-23-17)22-19(27)13-7-3-4-8-15(13)21/h3-9H,10-11H2,1-2H3,(H2,22,23,24,27). The second-order valence-electron chi connectivity index (χ2n) is 7.15. The smallest absolute Gasteiger partial charge is 0.259 e. The molecule has 3 heterocycles. The van der Waals surface area contributed by atoms with Crippen molar-refractivity contribution < 1.29 is 14.0 Å². The summed E-state index contributed by atoms with van der Waals surface area (Å²) in [7, 11) is 0. The monoisotopic (exact) mass is 398 g/mol. The number of carbonyl (C=O) groups excluding carboxylic acids is 2. The van der Waals surface area contributed by atoms with E-state index in [0.29, 0.717) is 24.5 Å². The average Bonchev–Trinajstić information content (AvgIpc) is 3.34. The summed E-state index contributed by atoms with van der Waals surface area (Å²) in [5, 5.41) is 11.8.